The van der Waals surface area contributed by atoms with Gasteiger partial charge in [0, 0.05) is 13.1 Å². The number of hydrogen-bond donors (Lipinski definition) is 1. The third-order valence-electron chi connectivity index (χ3n) is 2.14. The highest BCUT2D eigenvalue weighted by Gasteiger charge is 2.00. The van der Waals surface area contributed by atoms with Gasteiger partial charge < -0.3 is 5.32 Å². The van der Waals surface area contributed by atoms with Crippen LogP contribution >= 0.6 is 0 Å². The summed E-state index contributed by atoms with van der Waals surface area (Å²) < 4.78 is 0. The maximum atomic E-state index is 4.06. The second-order valence-electron chi connectivity index (χ2n) is 3.39. The Morgan fingerprint density at radius 1 is 1.23 bits per heavy atom. The fraction of sp³-hybridized carbons (Fsp3) is 0.818. The van der Waals surface area contributed by atoms with Crippen molar-refractivity contribution in [3.05, 3.63) is 12.2 Å². The van der Waals surface area contributed by atoms with Crippen molar-refractivity contribution in [2.24, 2.45) is 0 Å². The lowest BCUT2D eigenvalue weighted by Gasteiger charge is -2.19. The monoisotopic (exact) mass is 184 g/mol. The summed E-state index contributed by atoms with van der Waals surface area (Å²) >= 11 is 0. The molecule has 13 heavy (non-hydrogen) atoms. The minimum atomic E-state index is 0.963. The normalized spacial score (nSPS) is 10.8. The van der Waals surface area contributed by atoms with E-state index < -0.39 is 0 Å². The molecule has 0 aliphatic carbocycles. The molecule has 0 heterocycles. The van der Waals surface area contributed by atoms with Gasteiger partial charge in [-0.05, 0) is 31.6 Å². The van der Waals surface area contributed by atoms with Crippen molar-refractivity contribution >= 4 is 0 Å². The Labute approximate surface area is 83.0 Å². The first kappa shape index (κ1) is 12.7. The van der Waals surface area contributed by atoms with Gasteiger partial charge in [0.2, 0.25) is 0 Å². The van der Waals surface area contributed by atoms with Crippen molar-refractivity contribution in [2.45, 2.75) is 27.2 Å². The van der Waals surface area contributed by atoms with E-state index in [0.717, 1.165) is 32.7 Å². The quantitative estimate of drug-likeness (QED) is 0.458. The Morgan fingerprint density at radius 2 is 1.85 bits per heavy atom. The zero-order chi connectivity index (χ0) is 10.1. The van der Waals surface area contributed by atoms with Crippen molar-refractivity contribution in [2.75, 3.05) is 32.7 Å². The number of nitrogens with zero attached hydrogens (tertiary/aromatic N) is 1. The molecule has 0 aromatic carbocycles. The smallest absolute Gasteiger partial charge is 0.0202 e. The van der Waals surface area contributed by atoms with Gasteiger partial charge >= 0.3 is 0 Å². The van der Waals surface area contributed by atoms with Crippen LogP contribution in [-0.2, 0) is 0 Å². The van der Waals surface area contributed by atoms with E-state index in [4.69, 9.17) is 0 Å². The van der Waals surface area contributed by atoms with Gasteiger partial charge in [-0.15, -0.1) is 0 Å². The largest absolute Gasteiger partial charge is 0.313 e. The van der Waals surface area contributed by atoms with E-state index in [1.807, 2.05) is 0 Å². The fourth-order valence-corrected chi connectivity index (χ4v) is 1.26. The summed E-state index contributed by atoms with van der Waals surface area (Å²) in [6, 6.07) is 0. The Bertz CT molecular complexity index is 128. The highest BCUT2D eigenvalue weighted by atomic mass is 15.1. The van der Waals surface area contributed by atoms with E-state index in [1.54, 1.807) is 0 Å². The molecule has 0 aromatic rings. The summed E-state index contributed by atoms with van der Waals surface area (Å²) in [7, 11) is 0. The molecule has 2 heteroatoms. The molecule has 0 unspecified atom stereocenters. The van der Waals surface area contributed by atoms with Crippen LogP contribution in [0.4, 0.5) is 0 Å². The van der Waals surface area contributed by atoms with Crippen LogP contribution in [0.25, 0.3) is 0 Å². The molecular formula is C11H24N2. The van der Waals surface area contributed by atoms with Crippen LogP contribution in [-0.4, -0.2) is 37.6 Å². The summed E-state index contributed by atoms with van der Waals surface area (Å²) in [4.78, 5) is 2.38. The summed E-state index contributed by atoms with van der Waals surface area (Å²) in [5.41, 5.74) is 1.29. The van der Waals surface area contributed by atoms with Gasteiger partial charge in [-0.25, -0.2) is 0 Å². The Kier molecular flexibility index (Phi) is 8.05. The lowest BCUT2D eigenvalue weighted by atomic mass is 10.2. The van der Waals surface area contributed by atoms with E-state index in [1.165, 1.54) is 12.0 Å². The Morgan fingerprint density at radius 3 is 2.31 bits per heavy atom. The zero-order valence-corrected chi connectivity index (χ0v) is 9.40. The highest BCUT2D eigenvalue weighted by molar-refractivity contribution is 4.99. The summed E-state index contributed by atoms with van der Waals surface area (Å²) in [6.45, 7) is 15.9. The van der Waals surface area contributed by atoms with Gasteiger partial charge in [-0.3, -0.25) is 4.90 Å². The first-order chi connectivity index (χ1) is 6.24. The molecule has 2 nitrogen and oxygen atoms in total. The zero-order valence-electron chi connectivity index (χ0n) is 9.40. The molecule has 78 valence electrons. The van der Waals surface area contributed by atoms with Gasteiger partial charge in [-0.2, -0.15) is 0 Å². The van der Waals surface area contributed by atoms with Crippen LogP contribution < -0.4 is 5.32 Å². The molecule has 0 aromatic heterocycles. The van der Waals surface area contributed by atoms with Gasteiger partial charge in [0.1, 0.15) is 0 Å². The fourth-order valence-electron chi connectivity index (χ4n) is 1.26. The van der Waals surface area contributed by atoms with Crippen molar-refractivity contribution in [3.63, 3.8) is 0 Å². The molecular weight excluding hydrogens is 160 g/mol. The second-order valence-corrected chi connectivity index (χ2v) is 3.39. The molecule has 0 aliphatic rings. The van der Waals surface area contributed by atoms with E-state index in [2.05, 4.69) is 37.6 Å². The molecule has 0 saturated carbocycles. The SMILES string of the molecule is C=C(CNCCC)CN(CC)CC. The lowest BCUT2D eigenvalue weighted by Crippen LogP contribution is -2.29. The van der Waals surface area contributed by atoms with Crippen LogP contribution in [0, 0.1) is 0 Å². The van der Waals surface area contributed by atoms with Crippen molar-refractivity contribution in [3.8, 4) is 0 Å². The van der Waals surface area contributed by atoms with E-state index in [0.29, 0.717) is 0 Å². The third kappa shape index (κ3) is 6.79. The lowest BCUT2D eigenvalue weighted by molar-refractivity contribution is 0.327. The molecule has 0 amide bonds. The first-order valence-electron chi connectivity index (χ1n) is 5.34. The van der Waals surface area contributed by atoms with Crippen molar-refractivity contribution in [1.29, 1.82) is 0 Å². The summed E-state index contributed by atoms with van der Waals surface area (Å²) in [5.74, 6) is 0. The predicted octanol–water partition coefficient (Wildman–Crippen LogP) is 1.88. The topological polar surface area (TPSA) is 15.3 Å². The Hall–Kier alpha value is -0.340. The van der Waals surface area contributed by atoms with Gasteiger partial charge in [0.25, 0.3) is 0 Å². The van der Waals surface area contributed by atoms with E-state index >= 15 is 0 Å². The number of hydrogen-bond acceptors (Lipinski definition) is 2. The van der Waals surface area contributed by atoms with E-state index in [9.17, 15) is 0 Å². The first-order valence-corrected chi connectivity index (χ1v) is 5.34. The van der Waals surface area contributed by atoms with E-state index in [-0.39, 0.29) is 0 Å². The predicted molar refractivity (Wildman–Crippen MR) is 60.1 cm³/mol. The minimum Gasteiger partial charge on any atom is -0.313 e. The maximum absolute atomic E-state index is 4.06. The molecule has 0 rings (SSSR count). The molecule has 0 saturated heterocycles. The standard InChI is InChI=1S/C11H24N2/c1-5-8-12-9-11(4)10-13(6-2)7-3/h12H,4-10H2,1-3H3. The third-order valence-corrected chi connectivity index (χ3v) is 2.14. The average molecular weight is 184 g/mol. The van der Waals surface area contributed by atoms with Crippen molar-refractivity contribution in [1.82, 2.24) is 10.2 Å². The van der Waals surface area contributed by atoms with Crippen LogP contribution in [0.3, 0.4) is 0 Å². The highest BCUT2D eigenvalue weighted by Crippen LogP contribution is 1.94. The van der Waals surface area contributed by atoms with Crippen LogP contribution in [0.1, 0.15) is 27.2 Å². The molecule has 0 radical (unpaired) electrons. The van der Waals surface area contributed by atoms with Crippen LogP contribution in [0.5, 0.6) is 0 Å². The van der Waals surface area contributed by atoms with Gasteiger partial charge in [0.05, 0.1) is 0 Å². The van der Waals surface area contributed by atoms with Crippen molar-refractivity contribution < 1.29 is 0 Å². The number of likely N-dealkylation sites (N-methyl/N-ethyl adjacent to an activating group) is 1. The van der Waals surface area contributed by atoms with Gasteiger partial charge in [0.15, 0.2) is 0 Å². The summed E-state index contributed by atoms with van der Waals surface area (Å²) in [6.07, 6.45) is 1.19. The Balaban J connectivity index is 3.48. The molecule has 0 atom stereocenters. The second kappa shape index (κ2) is 8.27. The van der Waals surface area contributed by atoms with Crippen LogP contribution in [0.15, 0.2) is 12.2 Å². The van der Waals surface area contributed by atoms with Crippen LogP contribution in [0.2, 0.25) is 0 Å². The maximum Gasteiger partial charge on any atom is 0.0202 e. The summed E-state index contributed by atoms with van der Waals surface area (Å²) in [5, 5.41) is 3.36. The minimum absolute atomic E-state index is 0.963. The molecule has 0 bridgehead atoms. The molecule has 1 N–H and O–H groups in total. The number of rotatable bonds is 8. The molecule has 0 fully saturated rings. The molecule has 0 aliphatic heterocycles. The average Bonchev–Trinajstić information content (AvgIpc) is 2.14. The van der Waals surface area contributed by atoms with Gasteiger partial charge in [-0.1, -0.05) is 27.4 Å². The molecule has 0 spiro atoms. The number of nitrogens with one attached hydrogen (secondary N) is 1.